The number of rotatable bonds is 11. The first-order valence-electron chi connectivity index (χ1n) is 13.6. The summed E-state index contributed by atoms with van der Waals surface area (Å²) in [5.41, 5.74) is 3.49. The Bertz CT molecular complexity index is 1310. The molecule has 4 rings (SSSR count). The standard InChI is InChI=1S/C32H39N3O3/c1-5-34(28-11-7-6-8-12-28)20-18-23(2)22-35-21-19-26-10-9-13-29(30(26)35)31(36)33-24(3)25-14-16-27(17-15-25)32(37)38-4/h6-14,16-17,19,21,23-25H,5,15,18,20,22H2,1-4H3,(H,33,36)/t23?,24-,25?/m0/s1. The normalized spacial score (nSPS) is 16.5. The molecule has 1 heterocycles. The van der Waals surface area contributed by atoms with E-state index < -0.39 is 0 Å². The van der Waals surface area contributed by atoms with Crippen molar-refractivity contribution in [1.29, 1.82) is 0 Å². The summed E-state index contributed by atoms with van der Waals surface area (Å²) >= 11 is 0. The monoisotopic (exact) mass is 513 g/mol. The Kier molecular flexibility index (Phi) is 9.06. The number of nitrogens with one attached hydrogen (secondary N) is 1. The zero-order valence-electron chi connectivity index (χ0n) is 22.9. The lowest BCUT2D eigenvalue weighted by Gasteiger charge is -2.25. The molecule has 200 valence electrons. The summed E-state index contributed by atoms with van der Waals surface area (Å²) in [5.74, 6) is 0.152. The highest BCUT2D eigenvalue weighted by Crippen LogP contribution is 2.25. The van der Waals surface area contributed by atoms with Crippen LogP contribution in [0.4, 0.5) is 5.69 Å². The van der Waals surface area contributed by atoms with Crippen molar-refractivity contribution in [2.24, 2.45) is 11.8 Å². The third kappa shape index (κ3) is 6.36. The van der Waals surface area contributed by atoms with Crippen molar-refractivity contribution in [3.05, 3.63) is 90.2 Å². The van der Waals surface area contributed by atoms with Crippen molar-refractivity contribution in [2.45, 2.75) is 46.2 Å². The molecule has 0 saturated heterocycles. The van der Waals surface area contributed by atoms with E-state index in [0.29, 0.717) is 23.5 Å². The van der Waals surface area contributed by atoms with Crippen molar-refractivity contribution >= 4 is 28.5 Å². The van der Waals surface area contributed by atoms with Crippen LogP contribution in [0.1, 0.15) is 44.0 Å². The summed E-state index contributed by atoms with van der Waals surface area (Å²) in [5, 5.41) is 4.27. The molecule has 1 aliphatic rings. The fourth-order valence-corrected chi connectivity index (χ4v) is 5.18. The van der Waals surface area contributed by atoms with Gasteiger partial charge in [0.15, 0.2) is 0 Å². The summed E-state index contributed by atoms with van der Waals surface area (Å²) in [4.78, 5) is 27.6. The molecule has 38 heavy (non-hydrogen) atoms. The van der Waals surface area contributed by atoms with Crippen LogP contribution in [0.15, 0.2) is 84.6 Å². The van der Waals surface area contributed by atoms with Gasteiger partial charge in [0.25, 0.3) is 5.91 Å². The molecule has 1 amide bonds. The molecule has 3 atom stereocenters. The number of amides is 1. The SMILES string of the molecule is CCN(CCC(C)Cn1ccc2cccc(C(=O)N[C@@H](C)C3C=CC(C(=O)OC)=CC3)c21)c1ccccc1. The van der Waals surface area contributed by atoms with Crippen molar-refractivity contribution < 1.29 is 14.3 Å². The van der Waals surface area contributed by atoms with E-state index in [-0.39, 0.29) is 23.8 Å². The summed E-state index contributed by atoms with van der Waals surface area (Å²) in [7, 11) is 1.38. The van der Waals surface area contributed by atoms with Crippen LogP contribution < -0.4 is 10.2 Å². The minimum Gasteiger partial charge on any atom is -0.465 e. The fraction of sp³-hybridized carbons (Fsp3) is 0.375. The predicted octanol–water partition coefficient (Wildman–Crippen LogP) is 5.99. The number of hydrogen-bond donors (Lipinski definition) is 1. The van der Waals surface area contributed by atoms with Gasteiger partial charge in [-0.05, 0) is 56.9 Å². The number of para-hydroxylation sites is 2. The van der Waals surface area contributed by atoms with Crippen LogP contribution in [0.25, 0.3) is 10.9 Å². The highest BCUT2D eigenvalue weighted by molar-refractivity contribution is 6.06. The van der Waals surface area contributed by atoms with Crippen LogP contribution >= 0.6 is 0 Å². The number of methoxy groups -OCH3 is 1. The maximum absolute atomic E-state index is 13.4. The first kappa shape index (κ1) is 27.2. The second-order valence-electron chi connectivity index (χ2n) is 10.2. The molecule has 0 spiro atoms. The minimum atomic E-state index is -0.333. The van der Waals surface area contributed by atoms with Gasteiger partial charge in [-0.25, -0.2) is 4.79 Å². The Morgan fingerprint density at radius 2 is 1.89 bits per heavy atom. The second-order valence-corrected chi connectivity index (χ2v) is 10.2. The highest BCUT2D eigenvalue weighted by atomic mass is 16.5. The molecule has 0 aliphatic heterocycles. The Balaban J connectivity index is 1.41. The van der Waals surface area contributed by atoms with Gasteiger partial charge in [-0.2, -0.15) is 0 Å². The van der Waals surface area contributed by atoms with E-state index in [9.17, 15) is 9.59 Å². The molecule has 0 saturated carbocycles. The zero-order valence-corrected chi connectivity index (χ0v) is 22.9. The molecule has 2 unspecified atom stereocenters. The van der Waals surface area contributed by atoms with E-state index in [1.165, 1.54) is 12.8 Å². The van der Waals surface area contributed by atoms with Gasteiger partial charge in [0.05, 0.1) is 23.8 Å². The minimum absolute atomic E-state index is 0.0758. The van der Waals surface area contributed by atoms with Crippen LogP contribution in [-0.4, -0.2) is 42.7 Å². The van der Waals surface area contributed by atoms with Crippen molar-refractivity contribution in [3.8, 4) is 0 Å². The van der Waals surface area contributed by atoms with E-state index in [0.717, 1.165) is 37.0 Å². The van der Waals surface area contributed by atoms with Crippen LogP contribution in [0, 0.1) is 11.8 Å². The second kappa shape index (κ2) is 12.6. The third-order valence-electron chi connectivity index (χ3n) is 7.49. The molecule has 1 N–H and O–H groups in total. The Morgan fingerprint density at radius 3 is 2.58 bits per heavy atom. The summed E-state index contributed by atoms with van der Waals surface area (Å²) in [6.45, 7) is 9.30. The van der Waals surface area contributed by atoms with E-state index >= 15 is 0 Å². The average Bonchev–Trinajstić information content (AvgIpc) is 3.36. The predicted molar refractivity (Wildman–Crippen MR) is 154 cm³/mol. The molecule has 0 radical (unpaired) electrons. The first-order valence-corrected chi connectivity index (χ1v) is 13.6. The van der Waals surface area contributed by atoms with E-state index in [2.05, 4.69) is 77.3 Å². The number of carbonyl (C=O) groups excluding carboxylic acids is 2. The summed E-state index contributed by atoms with van der Waals surface area (Å²) in [6.07, 6.45) is 9.48. The fourth-order valence-electron chi connectivity index (χ4n) is 5.18. The van der Waals surface area contributed by atoms with Crippen molar-refractivity contribution in [3.63, 3.8) is 0 Å². The smallest absolute Gasteiger partial charge is 0.337 e. The number of aromatic nitrogens is 1. The van der Waals surface area contributed by atoms with Gasteiger partial charge in [0, 0.05) is 48.9 Å². The van der Waals surface area contributed by atoms with E-state index in [4.69, 9.17) is 4.74 Å². The van der Waals surface area contributed by atoms with E-state index in [1.807, 2.05) is 31.2 Å². The Hall–Kier alpha value is -3.80. The first-order chi connectivity index (χ1) is 18.4. The van der Waals surface area contributed by atoms with Crippen molar-refractivity contribution in [2.75, 3.05) is 25.1 Å². The Morgan fingerprint density at radius 1 is 1.11 bits per heavy atom. The zero-order chi connectivity index (χ0) is 27.1. The van der Waals surface area contributed by atoms with Crippen LogP contribution in [0.5, 0.6) is 0 Å². The number of hydrogen-bond acceptors (Lipinski definition) is 4. The molecule has 2 aromatic carbocycles. The molecular formula is C32H39N3O3. The van der Waals surface area contributed by atoms with Crippen LogP contribution in [0.2, 0.25) is 0 Å². The van der Waals surface area contributed by atoms with E-state index in [1.54, 1.807) is 6.08 Å². The van der Waals surface area contributed by atoms with Crippen molar-refractivity contribution in [1.82, 2.24) is 9.88 Å². The lowest BCUT2D eigenvalue weighted by Crippen LogP contribution is -2.38. The van der Waals surface area contributed by atoms with Gasteiger partial charge < -0.3 is 19.5 Å². The number of anilines is 1. The molecule has 0 fully saturated rings. The highest BCUT2D eigenvalue weighted by Gasteiger charge is 2.22. The molecule has 6 nitrogen and oxygen atoms in total. The molecule has 6 heteroatoms. The molecule has 0 bridgehead atoms. The molecule has 1 aliphatic carbocycles. The number of nitrogens with zero attached hydrogens (tertiary/aromatic N) is 2. The number of ether oxygens (including phenoxy) is 1. The van der Waals surface area contributed by atoms with Crippen LogP contribution in [-0.2, 0) is 16.1 Å². The van der Waals surface area contributed by atoms with Crippen LogP contribution in [0.3, 0.4) is 0 Å². The van der Waals surface area contributed by atoms with Gasteiger partial charge in [0.2, 0.25) is 0 Å². The van der Waals surface area contributed by atoms with Gasteiger partial charge in [-0.15, -0.1) is 0 Å². The van der Waals surface area contributed by atoms with Gasteiger partial charge in [0.1, 0.15) is 0 Å². The van der Waals surface area contributed by atoms with Gasteiger partial charge in [-0.3, -0.25) is 4.79 Å². The number of benzene rings is 2. The molecule has 1 aromatic heterocycles. The largest absolute Gasteiger partial charge is 0.465 e. The number of esters is 1. The Labute approximate surface area is 226 Å². The van der Waals surface area contributed by atoms with Gasteiger partial charge in [-0.1, -0.05) is 55.5 Å². The molecule has 3 aromatic rings. The third-order valence-corrected chi connectivity index (χ3v) is 7.49. The summed E-state index contributed by atoms with van der Waals surface area (Å²) in [6, 6.07) is 18.5. The number of allylic oxidation sites excluding steroid dienone is 1. The quantitative estimate of drug-likeness (QED) is 0.320. The average molecular weight is 514 g/mol. The number of fused-ring (bicyclic) bond motifs is 1. The lowest BCUT2D eigenvalue weighted by molar-refractivity contribution is -0.135. The lowest BCUT2D eigenvalue weighted by atomic mass is 9.91. The maximum Gasteiger partial charge on any atom is 0.337 e. The number of carbonyl (C=O) groups is 2. The maximum atomic E-state index is 13.4. The van der Waals surface area contributed by atoms with Gasteiger partial charge >= 0.3 is 5.97 Å². The molecular weight excluding hydrogens is 474 g/mol. The topological polar surface area (TPSA) is 63.6 Å². The summed E-state index contributed by atoms with van der Waals surface area (Å²) < 4.78 is 7.03.